The van der Waals surface area contributed by atoms with E-state index in [0.29, 0.717) is 11.5 Å². The van der Waals surface area contributed by atoms with E-state index in [9.17, 15) is 9.59 Å². The molecule has 4 heteroatoms. The molecule has 24 heavy (non-hydrogen) atoms. The van der Waals surface area contributed by atoms with Crippen molar-refractivity contribution in [3.8, 4) is 0 Å². The summed E-state index contributed by atoms with van der Waals surface area (Å²) in [6.45, 7) is 7.38. The zero-order valence-electron chi connectivity index (χ0n) is 14.8. The predicted octanol–water partition coefficient (Wildman–Crippen LogP) is 3.67. The van der Waals surface area contributed by atoms with E-state index in [2.05, 4.69) is 6.92 Å². The van der Waals surface area contributed by atoms with Crippen LogP contribution in [0.5, 0.6) is 0 Å². The minimum Gasteiger partial charge on any atom is -0.460 e. The average Bonchev–Trinajstić information content (AvgIpc) is 2.55. The van der Waals surface area contributed by atoms with Gasteiger partial charge in [0.25, 0.3) is 0 Å². The largest absolute Gasteiger partial charge is 0.460 e. The highest BCUT2D eigenvalue weighted by Gasteiger charge is 2.24. The van der Waals surface area contributed by atoms with Crippen molar-refractivity contribution in [3.05, 3.63) is 41.5 Å². The molecule has 1 saturated heterocycles. The first-order valence-corrected chi connectivity index (χ1v) is 8.70. The molecule has 4 nitrogen and oxygen atoms in total. The average molecular weight is 329 g/mol. The Labute approximate surface area is 144 Å². The third-order valence-corrected chi connectivity index (χ3v) is 4.22. The molecule has 1 aliphatic heterocycles. The van der Waals surface area contributed by atoms with Gasteiger partial charge < -0.3 is 9.64 Å². The number of carbonyl (C=O) groups is 2. The van der Waals surface area contributed by atoms with E-state index < -0.39 is 5.97 Å². The molecule has 2 rings (SSSR count). The third-order valence-electron chi connectivity index (χ3n) is 4.22. The van der Waals surface area contributed by atoms with Gasteiger partial charge in [-0.05, 0) is 44.2 Å². The number of carbonyl (C=O) groups excluding carboxylic acids is 2. The summed E-state index contributed by atoms with van der Waals surface area (Å²) >= 11 is 0. The molecule has 0 saturated carbocycles. The molecule has 1 heterocycles. The fraction of sp³-hybridized carbons (Fsp3) is 0.500. The van der Waals surface area contributed by atoms with E-state index in [-0.39, 0.29) is 18.4 Å². The van der Waals surface area contributed by atoms with Crippen molar-refractivity contribution < 1.29 is 14.3 Å². The molecular weight excluding hydrogens is 302 g/mol. The zero-order chi connectivity index (χ0) is 17.5. The van der Waals surface area contributed by atoms with Crippen molar-refractivity contribution >= 4 is 18.0 Å². The molecule has 0 bridgehead atoms. The molecule has 1 aromatic carbocycles. The van der Waals surface area contributed by atoms with Crippen LogP contribution in [-0.2, 0) is 14.3 Å². The lowest BCUT2D eigenvalue weighted by Gasteiger charge is -2.30. The number of rotatable bonds is 5. The van der Waals surface area contributed by atoms with Crippen molar-refractivity contribution in [2.24, 2.45) is 5.92 Å². The predicted molar refractivity (Wildman–Crippen MR) is 95.2 cm³/mol. The topological polar surface area (TPSA) is 46.6 Å². The van der Waals surface area contributed by atoms with Gasteiger partial charge in [0.2, 0.25) is 5.91 Å². The Balaban J connectivity index is 2.12. The normalized spacial score (nSPS) is 16.3. The van der Waals surface area contributed by atoms with Crippen molar-refractivity contribution in [3.63, 3.8) is 0 Å². The fourth-order valence-corrected chi connectivity index (χ4v) is 2.76. The number of esters is 1. The van der Waals surface area contributed by atoms with Gasteiger partial charge in [0, 0.05) is 18.7 Å². The Hall–Kier alpha value is -2.10. The Morgan fingerprint density at radius 3 is 2.42 bits per heavy atom. The molecule has 1 aliphatic rings. The first-order chi connectivity index (χ1) is 11.5. The van der Waals surface area contributed by atoms with E-state index in [4.69, 9.17) is 4.74 Å². The maximum Gasteiger partial charge on any atom is 0.334 e. The standard InChI is InChI=1S/C20H27NO3/c1-15(2)24-20(23)18(13-17-7-5-4-6-8-17)14-19(22)21-11-9-16(3)10-12-21/h4-8,13,15-16H,9-12,14H2,1-3H3/b18-13+. The van der Waals surface area contributed by atoms with Crippen LogP contribution in [0.2, 0.25) is 0 Å². The summed E-state index contributed by atoms with van der Waals surface area (Å²) in [6.07, 6.45) is 3.70. The second kappa shape index (κ2) is 8.67. The van der Waals surface area contributed by atoms with Crippen LogP contribution >= 0.6 is 0 Å². The van der Waals surface area contributed by atoms with Crippen LogP contribution in [0.3, 0.4) is 0 Å². The molecule has 0 spiro atoms. The van der Waals surface area contributed by atoms with E-state index in [0.717, 1.165) is 31.5 Å². The van der Waals surface area contributed by atoms with E-state index >= 15 is 0 Å². The van der Waals surface area contributed by atoms with E-state index in [1.165, 1.54) is 0 Å². The minimum absolute atomic E-state index is 0.00443. The molecule has 0 atom stereocenters. The number of hydrogen-bond acceptors (Lipinski definition) is 3. The highest BCUT2D eigenvalue weighted by atomic mass is 16.5. The van der Waals surface area contributed by atoms with Gasteiger partial charge in [-0.1, -0.05) is 37.3 Å². The van der Waals surface area contributed by atoms with E-state index in [1.807, 2.05) is 49.1 Å². The van der Waals surface area contributed by atoms with Crippen LogP contribution < -0.4 is 0 Å². The Bertz CT molecular complexity index is 584. The minimum atomic E-state index is -0.410. The molecule has 130 valence electrons. The maximum absolute atomic E-state index is 12.6. The summed E-state index contributed by atoms with van der Waals surface area (Å²) in [6, 6.07) is 9.56. The first kappa shape index (κ1) is 18.2. The molecule has 0 aromatic heterocycles. The summed E-state index contributed by atoms with van der Waals surface area (Å²) < 4.78 is 5.31. The van der Waals surface area contributed by atoms with Crippen LogP contribution in [0.15, 0.2) is 35.9 Å². The molecule has 1 aromatic rings. The van der Waals surface area contributed by atoms with Crippen LogP contribution in [0.4, 0.5) is 0 Å². The second-order valence-corrected chi connectivity index (χ2v) is 6.77. The Morgan fingerprint density at radius 2 is 1.83 bits per heavy atom. The van der Waals surface area contributed by atoms with Crippen molar-refractivity contribution in [1.29, 1.82) is 0 Å². The number of piperidine rings is 1. The van der Waals surface area contributed by atoms with Gasteiger partial charge in [-0.15, -0.1) is 0 Å². The number of hydrogen-bond donors (Lipinski definition) is 0. The zero-order valence-corrected chi connectivity index (χ0v) is 14.8. The van der Waals surface area contributed by atoms with Crippen molar-refractivity contribution in [2.75, 3.05) is 13.1 Å². The summed E-state index contributed by atoms with van der Waals surface area (Å²) in [7, 11) is 0. The van der Waals surface area contributed by atoms with Crippen LogP contribution in [0, 0.1) is 5.92 Å². The van der Waals surface area contributed by atoms with Crippen molar-refractivity contribution in [2.45, 2.75) is 46.1 Å². The van der Waals surface area contributed by atoms with Gasteiger partial charge in [-0.2, -0.15) is 0 Å². The van der Waals surface area contributed by atoms with Crippen molar-refractivity contribution in [1.82, 2.24) is 4.90 Å². The second-order valence-electron chi connectivity index (χ2n) is 6.77. The van der Waals surface area contributed by atoms with Crippen LogP contribution in [0.25, 0.3) is 6.08 Å². The quantitative estimate of drug-likeness (QED) is 0.612. The van der Waals surface area contributed by atoms with Gasteiger partial charge in [0.05, 0.1) is 12.5 Å². The molecule has 0 N–H and O–H groups in total. The third kappa shape index (κ3) is 5.52. The summed E-state index contributed by atoms with van der Waals surface area (Å²) in [5.41, 5.74) is 1.31. The fourth-order valence-electron chi connectivity index (χ4n) is 2.76. The maximum atomic E-state index is 12.6. The number of nitrogens with zero attached hydrogens (tertiary/aromatic N) is 1. The number of benzene rings is 1. The highest BCUT2D eigenvalue weighted by molar-refractivity contribution is 5.99. The van der Waals surface area contributed by atoms with Crippen LogP contribution in [0.1, 0.15) is 45.6 Å². The molecular formula is C20H27NO3. The van der Waals surface area contributed by atoms with Gasteiger partial charge in [-0.25, -0.2) is 4.79 Å². The van der Waals surface area contributed by atoms with Gasteiger partial charge in [0.15, 0.2) is 0 Å². The lowest BCUT2D eigenvalue weighted by Crippen LogP contribution is -2.38. The van der Waals surface area contributed by atoms with E-state index in [1.54, 1.807) is 6.08 Å². The smallest absolute Gasteiger partial charge is 0.334 e. The highest BCUT2D eigenvalue weighted by Crippen LogP contribution is 2.19. The molecule has 1 fully saturated rings. The Morgan fingerprint density at radius 1 is 1.21 bits per heavy atom. The summed E-state index contributed by atoms with van der Waals surface area (Å²) in [4.78, 5) is 26.8. The summed E-state index contributed by atoms with van der Waals surface area (Å²) in [5, 5.41) is 0. The molecule has 0 radical (unpaired) electrons. The lowest BCUT2D eigenvalue weighted by molar-refractivity contribution is -0.144. The lowest BCUT2D eigenvalue weighted by atomic mass is 9.98. The SMILES string of the molecule is CC1CCN(C(=O)C/C(=C\c2ccccc2)C(=O)OC(C)C)CC1. The number of amides is 1. The first-order valence-electron chi connectivity index (χ1n) is 8.70. The number of ether oxygens (including phenoxy) is 1. The van der Waals surface area contributed by atoms with Crippen LogP contribution in [-0.4, -0.2) is 36.0 Å². The Kier molecular flexibility index (Phi) is 6.59. The van der Waals surface area contributed by atoms with Gasteiger partial charge >= 0.3 is 5.97 Å². The molecule has 1 amide bonds. The van der Waals surface area contributed by atoms with Gasteiger partial charge in [0.1, 0.15) is 0 Å². The van der Waals surface area contributed by atoms with Gasteiger partial charge in [-0.3, -0.25) is 4.79 Å². The number of likely N-dealkylation sites (tertiary alicyclic amines) is 1. The molecule has 0 aliphatic carbocycles. The monoisotopic (exact) mass is 329 g/mol. The molecule has 0 unspecified atom stereocenters. The summed E-state index contributed by atoms with van der Waals surface area (Å²) in [5.74, 6) is 0.261.